The molecule has 0 saturated carbocycles. The Morgan fingerprint density at radius 2 is 0.833 bits per heavy atom. The summed E-state index contributed by atoms with van der Waals surface area (Å²) in [5.74, 6) is 0. The Morgan fingerprint density at radius 1 is 0.667 bits per heavy atom. The number of halogens is 2. The van der Waals surface area contributed by atoms with E-state index in [1.165, 1.54) is 0 Å². The van der Waals surface area contributed by atoms with Crippen LogP contribution < -0.4 is 0 Å². The first-order valence-corrected chi connectivity index (χ1v) is 12.7. The molecule has 0 heterocycles. The molecule has 0 aromatic heterocycles. The predicted molar refractivity (Wildman–Crippen MR) is 65.1 cm³/mol. The number of rotatable bonds is 5. The molecule has 0 bridgehead atoms. The highest BCUT2D eigenvalue weighted by molar-refractivity contribution is 7.71. The summed E-state index contributed by atoms with van der Waals surface area (Å²) < 4.78 is 0. The highest BCUT2D eigenvalue weighted by Crippen LogP contribution is 2.38. The van der Waals surface area contributed by atoms with E-state index in [1.807, 2.05) is 0 Å². The summed E-state index contributed by atoms with van der Waals surface area (Å²) in [7, 11) is 0. The van der Waals surface area contributed by atoms with Crippen LogP contribution in [0.5, 0.6) is 0 Å². The van der Waals surface area contributed by atoms with Crippen molar-refractivity contribution in [3.8, 4) is 0 Å². The molecule has 0 aromatic carbocycles. The van der Waals surface area contributed by atoms with Gasteiger partial charge in [0, 0.05) is 0 Å². The molecule has 0 aliphatic carbocycles. The largest absolute Gasteiger partial charge is 0.169 e. The third kappa shape index (κ3) is 2.28. The molecule has 0 unspecified atom stereocenters. The smallest absolute Gasteiger partial charge is 0.164 e. The summed E-state index contributed by atoms with van der Waals surface area (Å²) in [4.78, 5) is 0. The van der Waals surface area contributed by atoms with Crippen molar-refractivity contribution in [3.05, 3.63) is 0 Å². The molecule has 0 spiro atoms. The van der Waals surface area contributed by atoms with Gasteiger partial charge in [-0.15, -0.1) is 0 Å². The molecule has 74 valence electrons. The highest BCUT2D eigenvalue weighted by atomic mass is 35.6. The van der Waals surface area contributed by atoms with Crippen molar-refractivity contribution in [1.82, 2.24) is 0 Å². The molecular formula is C8H20Cl2Si2. The number of hydrogen-bond donors (Lipinski definition) is 0. The van der Waals surface area contributed by atoms with Crippen molar-refractivity contribution in [2.75, 3.05) is 0 Å². The Hall–Kier alpha value is 1.01. The number of hydrogen-bond acceptors (Lipinski definition) is 0. The zero-order valence-electron chi connectivity index (χ0n) is 8.58. The van der Waals surface area contributed by atoms with Crippen LogP contribution in [-0.4, -0.2) is 13.8 Å². The van der Waals surface area contributed by atoms with Crippen LogP contribution in [0.2, 0.25) is 24.2 Å². The van der Waals surface area contributed by atoms with Crippen LogP contribution in [0, 0.1) is 0 Å². The summed E-state index contributed by atoms with van der Waals surface area (Å²) in [6.45, 7) is 5.68. The lowest BCUT2D eigenvalue weighted by Crippen LogP contribution is -2.53. The van der Waals surface area contributed by atoms with Gasteiger partial charge in [-0.2, -0.15) is 22.2 Å². The van der Waals surface area contributed by atoms with Gasteiger partial charge < -0.3 is 0 Å². The Kier molecular flexibility index (Phi) is 5.46. The predicted octanol–water partition coefficient (Wildman–Crippen LogP) is 4.51. The van der Waals surface area contributed by atoms with E-state index in [-0.39, 0.29) is 0 Å². The van der Waals surface area contributed by atoms with E-state index < -0.39 is 13.8 Å². The van der Waals surface area contributed by atoms with Crippen LogP contribution in [0.25, 0.3) is 0 Å². The Labute approximate surface area is 87.9 Å². The second-order valence-electron chi connectivity index (χ2n) is 3.34. The summed E-state index contributed by atoms with van der Waals surface area (Å²) in [6, 6.07) is 4.57. The molecule has 0 aliphatic heterocycles. The zero-order valence-corrected chi connectivity index (χ0v) is 12.1. The molecule has 0 fully saturated rings. The van der Waals surface area contributed by atoms with Gasteiger partial charge in [0.05, 0.1) is 0 Å². The maximum absolute atomic E-state index is 6.68. The topological polar surface area (TPSA) is 0 Å². The fourth-order valence-electron chi connectivity index (χ4n) is 1.77. The lowest BCUT2D eigenvalue weighted by molar-refractivity contribution is 1.27. The van der Waals surface area contributed by atoms with E-state index in [0.717, 1.165) is 24.2 Å². The quantitative estimate of drug-likeness (QED) is 0.492. The summed E-state index contributed by atoms with van der Waals surface area (Å²) in [5.41, 5.74) is 0. The first-order valence-electron chi connectivity index (χ1n) is 4.87. The fourth-order valence-corrected chi connectivity index (χ4v) is 17.7. The molecule has 4 heteroatoms. The van der Waals surface area contributed by atoms with Crippen LogP contribution in [-0.2, 0) is 0 Å². The minimum Gasteiger partial charge on any atom is -0.169 e. The summed E-state index contributed by atoms with van der Waals surface area (Å²) in [5, 5.41) is 0. The maximum atomic E-state index is 6.68. The second kappa shape index (κ2) is 5.03. The lowest BCUT2D eigenvalue weighted by atomic mass is 10.9. The zero-order chi connectivity index (χ0) is 9.83. The fraction of sp³-hybridized carbons (Fsp3) is 1.00. The van der Waals surface area contributed by atoms with Gasteiger partial charge in [-0.05, 0) is 24.2 Å². The normalized spacial score (nSPS) is 13.5. The molecule has 12 heavy (non-hydrogen) atoms. The molecule has 0 aromatic rings. The first-order chi connectivity index (χ1) is 5.49. The van der Waals surface area contributed by atoms with Gasteiger partial charge in [0.25, 0.3) is 0 Å². The van der Waals surface area contributed by atoms with Crippen LogP contribution >= 0.6 is 22.2 Å². The summed E-state index contributed by atoms with van der Waals surface area (Å²) >= 11 is 13.4. The first kappa shape index (κ1) is 13.0. The third-order valence-corrected chi connectivity index (χ3v) is 28.8. The van der Waals surface area contributed by atoms with E-state index in [9.17, 15) is 0 Å². The van der Waals surface area contributed by atoms with Gasteiger partial charge in [-0.25, -0.2) is 0 Å². The SMILES string of the molecule is CC[Si](Cl)(CC)[Si](Cl)(CC)CC. The van der Waals surface area contributed by atoms with E-state index in [0.29, 0.717) is 0 Å². The van der Waals surface area contributed by atoms with Crippen molar-refractivity contribution in [2.45, 2.75) is 51.9 Å². The molecule has 0 nitrogen and oxygen atoms in total. The molecule has 0 N–H and O–H groups in total. The Morgan fingerprint density at radius 3 is 0.917 bits per heavy atom. The van der Waals surface area contributed by atoms with Crippen LogP contribution in [0.1, 0.15) is 27.7 Å². The van der Waals surface area contributed by atoms with Gasteiger partial charge >= 0.3 is 0 Å². The van der Waals surface area contributed by atoms with E-state index in [2.05, 4.69) is 27.7 Å². The second-order valence-corrected chi connectivity index (χ2v) is 22.0. The monoisotopic (exact) mass is 242 g/mol. The average molecular weight is 243 g/mol. The molecule has 0 atom stereocenters. The molecule has 0 saturated heterocycles. The van der Waals surface area contributed by atoms with Crippen LogP contribution in [0.4, 0.5) is 0 Å². The summed E-state index contributed by atoms with van der Waals surface area (Å²) in [6.07, 6.45) is 0. The van der Waals surface area contributed by atoms with Crippen LogP contribution in [0.3, 0.4) is 0 Å². The van der Waals surface area contributed by atoms with Crippen LogP contribution in [0.15, 0.2) is 0 Å². The van der Waals surface area contributed by atoms with Crippen molar-refractivity contribution in [1.29, 1.82) is 0 Å². The lowest BCUT2D eigenvalue weighted by Gasteiger charge is -2.36. The Bertz CT molecular complexity index is 115. The van der Waals surface area contributed by atoms with E-state index in [4.69, 9.17) is 22.2 Å². The standard InChI is InChI=1S/C8H20Cl2Si2/c1-5-11(9,6-2)12(10,7-3)8-4/h5-8H2,1-4H3. The van der Waals surface area contributed by atoms with Crippen molar-refractivity contribution >= 4 is 36.0 Å². The minimum absolute atomic E-state index is 1.14. The highest BCUT2D eigenvalue weighted by Gasteiger charge is 2.48. The molecular weight excluding hydrogens is 223 g/mol. The molecule has 0 amide bonds. The Balaban J connectivity index is 4.66. The van der Waals surface area contributed by atoms with Gasteiger partial charge in [0.15, 0.2) is 13.8 Å². The van der Waals surface area contributed by atoms with Gasteiger partial charge in [-0.1, -0.05) is 27.7 Å². The van der Waals surface area contributed by atoms with Crippen molar-refractivity contribution < 1.29 is 0 Å². The van der Waals surface area contributed by atoms with Crippen molar-refractivity contribution in [2.24, 2.45) is 0 Å². The maximum Gasteiger partial charge on any atom is 0.164 e. The third-order valence-electron chi connectivity index (χ3n) is 3.04. The molecule has 0 aliphatic rings. The van der Waals surface area contributed by atoms with Gasteiger partial charge in [-0.3, -0.25) is 0 Å². The van der Waals surface area contributed by atoms with E-state index >= 15 is 0 Å². The van der Waals surface area contributed by atoms with E-state index in [1.54, 1.807) is 0 Å². The van der Waals surface area contributed by atoms with Gasteiger partial charge in [0.1, 0.15) is 0 Å². The average Bonchev–Trinajstić information content (AvgIpc) is 2.15. The van der Waals surface area contributed by atoms with Gasteiger partial charge in [0.2, 0.25) is 0 Å². The molecule has 0 radical (unpaired) electrons. The minimum atomic E-state index is -1.57. The molecule has 0 rings (SSSR count). The van der Waals surface area contributed by atoms with Crippen molar-refractivity contribution in [3.63, 3.8) is 0 Å².